The van der Waals surface area contributed by atoms with Crippen molar-refractivity contribution in [1.29, 1.82) is 0 Å². The third-order valence-electron chi connectivity index (χ3n) is 2.84. The fourth-order valence-electron chi connectivity index (χ4n) is 1.74. The van der Waals surface area contributed by atoms with Crippen molar-refractivity contribution >= 4 is 16.3 Å². The monoisotopic (exact) mass is 242 g/mol. The molecule has 0 bridgehead atoms. The summed E-state index contributed by atoms with van der Waals surface area (Å²) in [6.07, 6.45) is 2.44. The molecule has 1 aromatic rings. The van der Waals surface area contributed by atoms with Gasteiger partial charge in [0, 0.05) is 31.1 Å². The van der Waals surface area contributed by atoms with Gasteiger partial charge in [0.2, 0.25) is 0 Å². The van der Waals surface area contributed by atoms with E-state index in [1.165, 1.54) is 11.3 Å². The van der Waals surface area contributed by atoms with Crippen molar-refractivity contribution in [2.24, 2.45) is 0 Å². The Kier molecular flexibility index (Phi) is 3.52. The number of hydrogen-bond acceptors (Lipinski definition) is 5. The zero-order valence-electron chi connectivity index (χ0n) is 9.01. The van der Waals surface area contributed by atoms with Crippen LogP contribution in [0.25, 0.3) is 0 Å². The van der Waals surface area contributed by atoms with Gasteiger partial charge in [-0.3, -0.25) is 10.1 Å². The molecule has 0 radical (unpaired) electrons. The first-order chi connectivity index (χ1) is 7.69. The molecule has 1 saturated carbocycles. The van der Waals surface area contributed by atoms with E-state index in [1.807, 2.05) is 5.38 Å². The maximum Gasteiger partial charge on any atom is 0.324 e. The molecule has 16 heavy (non-hydrogen) atoms. The van der Waals surface area contributed by atoms with Crippen LogP contribution in [0.15, 0.2) is 11.4 Å². The predicted molar refractivity (Wildman–Crippen MR) is 61.6 cm³/mol. The molecule has 0 aliphatic heterocycles. The van der Waals surface area contributed by atoms with Crippen LogP contribution in [0.5, 0.6) is 0 Å². The maximum absolute atomic E-state index is 10.5. The van der Waals surface area contributed by atoms with E-state index >= 15 is 0 Å². The summed E-state index contributed by atoms with van der Waals surface area (Å²) in [6, 6.07) is 2.12. The molecule has 1 aliphatic rings. The summed E-state index contributed by atoms with van der Waals surface area (Å²) in [5, 5.41) is 15.9. The van der Waals surface area contributed by atoms with E-state index in [0.717, 1.165) is 18.4 Å². The average molecular weight is 242 g/mol. The van der Waals surface area contributed by atoms with E-state index in [2.05, 4.69) is 5.32 Å². The zero-order valence-corrected chi connectivity index (χ0v) is 9.83. The Morgan fingerprint density at radius 2 is 2.44 bits per heavy atom. The summed E-state index contributed by atoms with van der Waals surface area (Å²) in [4.78, 5) is 10.1. The largest absolute Gasteiger partial charge is 0.381 e. The first-order valence-electron chi connectivity index (χ1n) is 5.17. The Bertz CT molecular complexity index is 374. The molecule has 0 spiro atoms. The summed E-state index contributed by atoms with van der Waals surface area (Å²) in [5.74, 6) is 0. The minimum atomic E-state index is -0.349. The lowest BCUT2D eigenvalue weighted by atomic mass is 9.89. The number of methoxy groups -OCH3 is 1. The third kappa shape index (κ3) is 2.58. The van der Waals surface area contributed by atoms with Crippen molar-refractivity contribution < 1.29 is 9.66 Å². The van der Waals surface area contributed by atoms with Crippen LogP contribution in [0, 0.1) is 10.1 Å². The number of rotatable bonds is 5. The summed E-state index contributed by atoms with van der Waals surface area (Å²) < 4.78 is 5.18. The molecule has 1 heterocycles. The van der Waals surface area contributed by atoms with Crippen molar-refractivity contribution in [2.75, 3.05) is 7.11 Å². The molecule has 6 heteroatoms. The van der Waals surface area contributed by atoms with Gasteiger partial charge in [-0.05, 0) is 18.4 Å². The van der Waals surface area contributed by atoms with Gasteiger partial charge in [0.15, 0.2) is 0 Å². The van der Waals surface area contributed by atoms with E-state index in [-0.39, 0.29) is 9.92 Å². The standard InChI is InChI=1S/C10H14N2O3S/c1-15-9-3-8(4-9)11-5-7-2-10(12(13)14)16-6-7/h2,6,8-9,11H,3-5H2,1H3. The number of nitro groups is 1. The molecule has 88 valence electrons. The van der Waals surface area contributed by atoms with Gasteiger partial charge in [-0.25, -0.2) is 0 Å². The second kappa shape index (κ2) is 4.90. The van der Waals surface area contributed by atoms with Crippen molar-refractivity contribution in [3.8, 4) is 0 Å². The fraction of sp³-hybridized carbons (Fsp3) is 0.600. The topological polar surface area (TPSA) is 64.4 Å². The minimum Gasteiger partial charge on any atom is -0.381 e. The first kappa shape index (κ1) is 11.5. The quantitative estimate of drug-likeness (QED) is 0.633. The molecule has 0 atom stereocenters. The Morgan fingerprint density at radius 3 is 3.00 bits per heavy atom. The van der Waals surface area contributed by atoms with Crippen LogP contribution in [0.4, 0.5) is 5.00 Å². The summed E-state index contributed by atoms with van der Waals surface area (Å²) in [5.41, 5.74) is 0.984. The van der Waals surface area contributed by atoms with Crippen LogP contribution in [-0.2, 0) is 11.3 Å². The molecule has 1 aliphatic carbocycles. The van der Waals surface area contributed by atoms with E-state index in [1.54, 1.807) is 13.2 Å². The summed E-state index contributed by atoms with van der Waals surface area (Å²) in [7, 11) is 1.73. The van der Waals surface area contributed by atoms with Crippen molar-refractivity contribution in [2.45, 2.75) is 31.5 Å². The molecule has 0 unspecified atom stereocenters. The highest BCUT2D eigenvalue weighted by atomic mass is 32.1. The van der Waals surface area contributed by atoms with Crippen LogP contribution in [-0.4, -0.2) is 24.2 Å². The Morgan fingerprint density at radius 1 is 1.69 bits per heavy atom. The number of nitrogens with one attached hydrogen (secondary N) is 1. The Labute approximate surface area is 97.6 Å². The van der Waals surface area contributed by atoms with Crippen LogP contribution in [0.2, 0.25) is 0 Å². The first-order valence-corrected chi connectivity index (χ1v) is 6.05. The summed E-state index contributed by atoms with van der Waals surface area (Å²) in [6.45, 7) is 0.700. The molecule has 1 aromatic heterocycles. The van der Waals surface area contributed by atoms with Gasteiger partial charge in [-0.1, -0.05) is 11.3 Å². The van der Waals surface area contributed by atoms with Gasteiger partial charge in [0.1, 0.15) is 0 Å². The fourth-order valence-corrected chi connectivity index (χ4v) is 2.47. The van der Waals surface area contributed by atoms with Crippen molar-refractivity contribution in [1.82, 2.24) is 5.32 Å². The van der Waals surface area contributed by atoms with Crippen LogP contribution in [0.3, 0.4) is 0 Å². The number of hydrogen-bond donors (Lipinski definition) is 1. The highest BCUT2D eigenvalue weighted by Crippen LogP contribution is 2.25. The molecular weight excluding hydrogens is 228 g/mol. The van der Waals surface area contributed by atoms with E-state index in [9.17, 15) is 10.1 Å². The zero-order chi connectivity index (χ0) is 11.5. The predicted octanol–water partition coefficient (Wildman–Crippen LogP) is 1.92. The molecule has 0 amide bonds. The molecule has 1 fully saturated rings. The molecule has 2 rings (SSSR count). The Hall–Kier alpha value is -0.980. The third-order valence-corrected chi connectivity index (χ3v) is 3.77. The van der Waals surface area contributed by atoms with Crippen LogP contribution >= 0.6 is 11.3 Å². The highest BCUT2D eigenvalue weighted by molar-refractivity contribution is 7.13. The lowest BCUT2D eigenvalue weighted by Crippen LogP contribution is -2.44. The van der Waals surface area contributed by atoms with Crippen molar-refractivity contribution in [3.05, 3.63) is 27.1 Å². The maximum atomic E-state index is 10.5. The summed E-state index contributed by atoms with van der Waals surface area (Å²) >= 11 is 1.18. The average Bonchev–Trinajstić information content (AvgIpc) is 2.64. The highest BCUT2D eigenvalue weighted by Gasteiger charge is 2.28. The Balaban J connectivity index is 1.75. The molecular formula is C10H14N2O3S. The molecule has 1 N–H and O–H groups in total. The van der Waals surface area contributed by atoms with E-state index < -0.39 is 0 Å². The molecule has 0 aromatic carbocycles. The molecule has 0 saturated heterocycles. The minimum absolute atomic E-state index is 0.208. The van der Waals surface area contributed by atoms with Crippen LogP contribution in [0.1, 0.15) is 18.4 Å². The normalized spacial score (nSPS) is 24.1. The van der Waals surface area contributed by atoms with E-state index in [4.69, 9.17) is 4.74 Å². The lowest BCUT2D eigenvalue weighted by Gasteiger charge is -2.34. The number of ether oxygens (including phenoxy) is 1. The van der Waals surface area contributed by atoms with Crippen molar-refractivity contribution in [3.63, 3.8) is 0 Å². The van der Waals surface area contributed by atoms with Gasteiger partial charge in [0.05, 0.1) is 11.0 Å². The van der Waals surface area contributed by atoms with Crippen LogP contribution < -0.4 is 5.32 Å². The van der Waals surface area contributed by atoms with E-state index in [0.29, 0.717) is 18.7 Å². The van der Waals surface area contributed by atoms with Gasteiger partial charge < -0.3 is 10.1 Å². The molecule has 5 nitrogen and oxygen atoms in total. The smallest absolute Gasteiger partial charge is 0.324 e. The lowest BCUT2D eigenvalue weighted by molar-refractivity contribution is -0.380. The number of nitrogens with zero attached hydrogens (tertiary/aromatic N) is 1. The van der Waals surface area contributed by atoms with Gasteiger partial charge in [-0.15, -0.1) is 0 Å². The number of thiophene rings is 1. The van der Waals surface area contributed by atoms with Gasteiger partial charge in [-0.2, -0.15) is 0 Å². The van der Waals surface area contributed by atoms with Gasteiger partial charge >= 0.3 is 5.00 Å². The second-order valence-corrected chi connectivity index (χ2v) is 4.85. The van der Waals surface area contributed by atoms with Gasteiger partial charge in [0.25, 0.3) is 0 Å². The second-order valence-electron chi connectivity index (χ2n) is 3.96. The SMILES string of the molecule is COC1CC(NCc2csc([N+](=O)[O-])c2)C1.